The zero-order valence-corrected chi connectivity index (χ0v) is 24.8. The number of carbonyl (C=O) groups is 3. The highest BCUT2D eigenvalue weighted by molar-refractivity contribution is 8.00. The smallest absolute Gasteiger partial charge is 0.308 e. The van der Waals surface area contributed by atoms with Crippen molar-refractivity contribution in [3.63, 3.8) is 0 Å². The highest BCUT2D eigenvalue weighted by Gasteiger charge is 2.56. The normalized spacial score (nSPS) is 19.9. The molecule has 7 nitrogen and oxygen atoms in total. The molecule has 1 fully saturated rings. The second-order valence-electron chi connectivity index (χ2n) is 11.4. The van der Waals surface area contributed by atoms with E-state index in [4.69, 9.17) is 0 Å². The number of carbonyl (C=O) groups excluding carboxylic acids is 3. The number of benzene rings is 3. The van der Waals surface area contributed by atoms with Crippen LogP contribution in [-0.4, -0.2) is 27.5 Å². The minimum atomic E-state index is -0.766. The van der Waals surface area contributed by atoms with E-state index in [-0.39, 0.29) is 28.6 Å². The maximum absolute atomic E-state index is 14.0. The van der Waals surface area contributed by atoms with Gasteiger partial charge in [-0.3, -0.25) is 23.7 Å². The number of imide groups is 1. The fourth-order valence-corrected chi connectivity index (χ4v) is 8.29. The lowest BCUT2D eigenvalue weighted by atomic mass is 9.81. The fourth-order valence-electron chi connectivity index (χ4n) is 5.51. The predicted molar refractivity (Wildman–Crippen MR) is 163 cm³/mol. The molecule has 2 unspecified atom stereocenters. The minimum absolute atomic E-state index is 0.0794. The summed E-state index contributed by atoms with van der Waals surface area (Å²) in [6.45, 7) is 6.07. The van der Waals surface area contributed by atoms with Crippen molar-refractivity contribution in [2.24, 2.45) is 5.92 Å². The molecule has 0 radical (unpaired) electrons. The molecule has 3 heterocycles. The first-order valence-electron chi connectivity index (χ1n) is 13.5. The summed E-state index contributed by atoms with van der Waals surface area (Å²) < 4.78 is 14.7. The molecule has 214 valence electrons. The zero-order valence-electron chi connectivity index (χ0n) is 23.2. The van der Waals surface area contributed by atoms with Crippen LogP contribution in [0.3, 0.4) is 0 Å². The molecule has 3 amide bonds. The van der Waals surface area contributed by atoms with Crippen LogP contribution >= 0.6 is 23.1 Å². The van der Waals surface area contributed by atoms with Crippen molar-refractivity contribution >= 4 is 52.2 Å². The van der Waals surface area contributed by atoms with Gasteiger partial charge in [0.15, 0.2) is 0 Å². The molecule has 2 aliphatic heterocycles. The number of nitrogens with zero attached hydrogens (tertiary/aromatic N) is 2. The molecule has 1 aromatic heterocycles. The average molecular weight is 602 g/mol. The zero-order chi connectivity index (χ0) is 29.8. The number of hydrogen-bond donors (Lipinski definition) is 1. The Hall–Kier alpha value is -4.02. The number of rotatable bonds is 5. The van der Waals surface area contributed by atoms with Gasteiger partial charge in [0.25, 0.3) is 0 Å². The van der Waals surface area contributed by atoms with Crippen molar-refractivity contribution in [2.45, 2.75) is 48.9 Å². The molecule has 1 N–H and O–H groups in total. The maximum atomic E-state index is 14.0. The molecule has 10 heteroatoms. The average Bonchev–Trinajstić information content (AvgIpc) is 3.40. The van der Waals surface area contributed by atoms with Crippen LogP contribution in [-0.2, 0) is 26.3 Å². The van der Waals surface area contributed by atoms with E-state index in [9.17, 15) is 23.6 Å². The second-order valence-corrected chi connectivity index (χ2v) is 13.6. The summed E-state index contributed by atoms with van der Waals surface area (Å²) in [5, 5.41) is 2.45. The Morgan fingerprint density at radius 2 is 1.57 bits per heavy atom. The highest BCUT2D eigenvalue weighted by Crippen LogP contribution is 2.54. The van der Waals surface area contributed by atoms with Gasteiger partial charge in [0.05, 0.1) is 16.6 Å². The number of fused-ring (bicyclic) bond motifs is 2. The molecule has 0 bridgehead atoms. The third kappa shape index (κ3) is 4.98. The van der Waals surface area contributed by atoms with Crippen LogP contribution in [0.4, 0.5) is 15.8 Å². The first-order chi connectivity index (χ1) is 20.0. The predicted octanol–water partition coefficient (Wildman–Crippen LogP) is 5.78. The third-order valence-electron chi connectivity index (χ3n) is 7.63. The van der Waals surface area contributed by atoms with E-state index >= 15 is 0 Å². The first-order valence-corrected chi connectivity index (χ1v) is 15.2. The van der Waals surface area contributed by atoms with E-state index in [1.807, 2.05) is 30.3 Å². The Labute approximate surface area is 250 Å². The van der Waals surface area contributed by atoms with E-state index in [0.717, 1.165) is 22.5 Å². The summed E-state index contributed by atoms with van der Waals surface area (Å²) in [6.07, 6.45) is 0. The third-order valence-corrected chi connectivity index (χ3v) is 10.2. The molecular formula is C32H28FN3O4S2. The van der Waals surface area contributed by atoms with E-state index < -0.39 is 28.8 Å². The van der Waals surface area contributed by atoms with Gasteiger partial charge < -0.3 is 5.32 Å². The number of hydrogen-bond acceptors (Lipinski definition) is 6. The van der Waals surface area contributed by atoms with Gasteiger partial charge in [0.2, 0.25) is 17.7 Å². The molecular weight excluding hydrogens is 574 g/mol. The highest BCUT2D eigenvalue weighted by atomic mass is 32.2. The Kier molecular flexibility index (Phi) is 7.14. The van der Waals surface area contributed by atoms with Gasteiger partial charge in [0, 0.05) is 16.5 Å². The Morgan fingerprint density at radius 1 is 0.905 bits per heavy atom. The number of para-hydroxylation sites is 1. The molecule has 42 heavy (non-hydrogen) atoms. The monoisotopic (exact) mass is 601 g/mol. The lowest BCUT2D eigenvalue weighted by Crippen LogP contribution is -2.33. The van der Waals surface area contributed by atoms with E-state index in [2.05, 4.69) is 26.1 Å². The van der Waals surface area contributed by atoms with Gasteiger partial charge in [-0.15, -0.1) is 0 Å². The van der Waals surface area contributed by atoms with Crippen molar-refractivity contribution in [3.05, 3.63) is 110 Å². The largest absolute Gasteiger partial charge is 0.325 e. The van der Waals surface area contributed by atoms with Crippen molar-refractivity contribution in [3.8, 4) is 0 Å². The van der Waals surface area contributed by atoms with E-state index in [1.54, 1.807) is 24.3 Å². The molecule has 3 aromatic carbocycles. The molecule has 0 aliphatic carbocycles. The molecule has 2 aliphatic rings. The Morgan fingerprint density at radius 3 is 2.21 bits per heavy atom. The van der Waals surface area contributed by atoms with Crippen LogP contribution in [0.15, 0.2) is 88.7 Å². The van der Waals surface area contributed by atoms with Crippen molar-refractivity contribution in [2.75, 3.05) is 10.2 Å². The van der Waals surface area contributed by atoms with Crippen LogP contribution in [0.25, 0.3) is 0 Å². The number of thiazole rings is 1. The topological polar surface area (TPSA) is 88.5 Å². The van der Waals surface area contributed by atoms with Crippen molar-refractivity contribution in [1.29, 1.82) is 0 Å². The fraction of sp³-hybridized carbons (Fsp3) is 0.250. The Bertz CT molecular complexity index is 1740. The second kappa shape index (κ2) is 10.7. The summed E-state index contributed by atoms with van der Waals surface area (Å²) in [5.41, 5.74) is 2.78. The van der Waals surface area contributed by atoms with Crippen molar-refractivity contribution < 1.29 is 18.8 Å². The van der Waals surface area contributed by atoms with Gasteiger partial charge in [-0.2, -0.15) is 0 Å². The van der Waals surface area contributed by atoms with E-state index in [0.29, 0.717) is 21.3 Å². The van der Waals surface area contributed by atoms with Crippen LogP contribution in [0.2, 0.25) is 0 Å². The molecule has 0 saturated carbocycles. The van der Waals surface area contributed by atoms with Gasteiger partial charge in [-0.05, 0) is 52.9 Å². The van der Waals surface area contributed by atoms with Gasteiger partial charge >= 0.3 is 4.87 Å². The molecule has 4 aromatic rings. The standard InChI is InChI=1S/C32H28FN3O4S2/c1-32(2,3)19-11-9-18(10-12-19)24-25-26(29(39)36(28(25)38)22-7-5-4-6-8-22)41-30-27(24)42-31(40)35(30)17-23(37)34-21-15-13-20(33)14-16-21/h4-16,24-26H,17H2,1-3H3,(H,34,37)/t24-,25?,26?/m1/s1. The molecule has 6 rings (SSSR count). The molecule has 0 spiro atoms. The number of aromatic nitrogens is 1. The number of nitrogens with one attached hydrogen (secondary N) is 1. The van der Waals surface area contributed by atoms with Crippen molar-refractivity contribution in [1.82, 2.24) is 4.57 Å². The molecule has 1 saturated heterocycles. The first kappa shape index (κ1) is 28.1. The lowest BCUT2D eigenvalue weighted by molar-refractivity contribution is -0.122. The summed E-state index contributed by atoms with van der Waals surface area (Å²) in [7, 11) is 0. The number of halogens is 1. The number of amides is 3. The SMILES string of the molecule is CC(C)(C)c1ccc([C@H]2c3sc(=O)n(CC(=O)Nc4ccc(F)cc4)c3SC3C(=O)N(c4ccccc4)C(=O)C32)cc1. The van der Waals surface area contributed by atoms with Gasteiger partial charge in [-0.25, -0.2) is 9.29 Å². The summed E-state index contributed by atoms with van der Waals surface area (Å²) in [4.78, 5) is 55.7. The summed E-state index contributed by atoms with van der Waals surface area (Å²) >= 11 is 2.18. The number of anilines is 2. The quantitative estimate of drug-likeness (QED) is 0.293. The lowest BCUT2D eigenvalue weighted by Gasteiger charge is -2.31. The molecule has 3 atom stereocenters. The number of thioether (sulfide) groups is 1. The van der Waals surface area contributed by atoms with Gasteiger partial charge in [0.1, 0.15) is 17.6 Å². The van der Waals surface area contributed by atoms with Crippen LogP contribution in [0, 0.1) is 11.7 Å². The van der Waals surface area contributed by atoms with Crippen LogP contribution in [0.5, 0.6) is 0 Å². The summed E-state index contributed by atoms with van der Waals surface area (Å²) in [5.74, 6) is -2.79. The van der Waals surface area contributed by atoms with Gasteiger partial charge in [-0.1, -0.05) is 86.3 Å². The maximum Gasteiger partial charge on any atom is 0.308 e. The summed E-state index contributed by atoms with van der Waals surface area (Å²) in [6, 6.07) is 22.2. The minimum Gasteiger partial charge on any atom is -0.325 e. The van der Waals surface area contributed by atoms with E-state index in [1.165, 1.54) is 45.5 Å². The van der Waals surface area contributed by atoms with Crippen LogP contribution in [0.1, 0.15) is 42.7 Å². The Balaban J connectivity index is 1.41. The van der Waals surface area contributed by atoms with Crippen LogP contribution < -0.4 is 15.1 Å².